The molecule has 252 valence electrons. The molecule has 2 saturated heterocycles. The number of anilines is 2. The average Bonchev–Trinajstić information content (AvgIpc) is 3.47. The van der Waals surface area contributed by atoms with E-state index < -0.39 is 12.1 Å². The molecule has 48 heavy (non-hydrogen) atoms. The Hall–Kier alpha value is -4.90. The Kier molecular flexibility index (Phi) is 10.5. The molecule has 0 aliphatic carbocycles. The summed E-state index contributed by atoms with van der Waals surface area (Å²) >= 11 is 0. The maximum atomic E-state index is 13.7. The molecule has 11 nitrogen and oxygen atoms in total. The first-order valence-electron chi connectivity index (χ1n) is 16.8. The summed E-state index contributed by atoms with van der Waals surface area (Å²) in [5.41, 5.74) is 4.80. The van der Waals surface area contributed by atoms with E-state index in [0.717, 1.165) is 59.6 Å². The van der Waals surface area contributed by atoms with Gasteiger partial charge in [0.15, 0.2) is 0 Å². The minimum absolute atomic E-state index is 0.0454. The van der Waals surface area contributed by atoms with E-state index in [-0.39, 0.29) is 30.7 Å². The number of hydrogen-bond donors (Lipinski definition) is 2. The second kappa shape index (κ2) is 15.3. The lowest BCUT2D eigenvalue weighted by Gasteiger charge is -2.35. The lowest BCUT2D eigenvalue weighted by Crippen LogP contribution is -2.50. The quantitative estimate of drug-likeness (QED) is 0.209. The summed E-state index contributed by atoms with van der Waals surface area (Å²) in [6, 6.07) is 25.1. The number of benzene rings is 3. The van der Waals surface area contributed by atoms with Crippen molar-refractivity contribution in [1.82, 2.24) is 19.8 Å². The fourth-order valence-corrected chi connectivity index (χ4v) is 7.01. The van der Waals surface area contributed by atoms with Crippen LogP contribution in [0.2, 0.25) is 0 Å². The number of piperazine rings is 1. The molecule has 1 aromatic heterocycles. The summed E-state index contributed by atoms with van der Waals surface area (Å²) in [7, 11) is 1.71. The highest BCUT2D eigenvalue weighted by molar-refractivity contribution is 5.97. The molecule has 2 unspecified atom stereocenters. The molecule has 2 atom stereocenters. The summed E-state index contributed by atoms with van der Waals surface area (Å²) in [6.45, 7) is 4.23. The van der Waals surface area contributed by atoms with Crippen molar-refractivity contribution in [2.24, 2.45) is 0 Å². The minimum atomic E-state index is -1.15. The number of imidazole rings is 1. The van der Waals surface area contributed by atoms with Crippen molar-refractivity contribution in [3.05, 3.63) is 90.3 Å². The number of piperidine rings is 1. The molecule has 0 saturated carbocycles. The number of methoxy groups -OCH3 is 1. The van der Waals surface area contributed by atoms with E-state index in [0.29, 0.717) is 39.2 Å². The molecule has 0 bridgehead atoms. The number of ether oxygens (including phenoxy) is 1. The van der Waals surface area contributed by atoms with Crippen LogP contribution in [0.15, 0.2) is 78.9 Å². The molecular formula is C37H44N6O5. The van der Waals surface area contributed by atoms with Gasteiger partial charge in [0.1, 0.15) is 5.82 Å². The van der Waals surface area contributed by atoms with Gasteiger partial charge < -0.3 is 34.4 Å². The number of aromatic nitrogens is 2. The zero-order chi connectivity index (χ0) is 33.5. The van der Waals surface area contributed by atoms with Crippen molar-refractivity contribution in [3.63, 3.8) is 0 Å². The largest absolute Gasteiger partial charge is 0.465 e. The van der Waals surface area contributed by atoms with Gasteiger partial charge in [0.25, 0.3) is 0 Å². The fraction of sp³-hybridized carbons (Fsp3) is 0.405. The Morgan fingerprint density at radius 2 is 1.75 bits per heavy atom. The van der Waals surface area contributed by atoms with Gasteiger partial charge in [-0.3, -0.25) is 9.59 Å². The lowest BCUT2D eigenvalue weighted by molar-refractivity contribution is -0.133. The monoisotopic (exact) mass is 652 g/mol. The Morgan fingerprint density at radius 1 is 0.979 bits per heavy atom. The first-order chi connectivity index (χ1) is 23.4. The van der Waals surface area contributed by atoms with Gasteiger partial charge in [-0.1, -0.05) is 42.5 Å². The topological polar surface area (TPSA) is 120 Å². The number of likely N-dealkylation sites (tertiary alicyclic amines) is 1. The zero-order valence-corrected chi connectivity index (χ0v) is 27.5. The first kappa shape index (κ1) is 33.0. The number of carboxylic acid groups (broad SMARTS) is 1. The third kappa shape index (κ3) is 7.79. The number of aryl methyl sites for hydroxylation is 1. The fourth-order valence-electron chi connectivity index (χ4n) is 7.01. The second-order valence-electron chi connectivity index (χ2n) is 12.7. The highest BCUT2D eigenvalue weighted by Crippen LogP contribution is 2.30. The van der Waals surface area contributed by atoms with Crippen molar-refractivity contribution < 1.29 is 24.2 Å². The molecule has 2 aliphatic heterocycles. The highest BCUT2D eigenvalue weighted by Gasteiger charge is 2.30. The maximum Gasteiger partial charge on any atom is 0.404 e. The molecule has 3 heterocycles. The number of fused-ring (bicyclic) bond motifs is 1. The van der Waals surface area contributed by atoms with E-state index in [1.807, 2.05) is 82.6 Å². The van der Waals surface area contributed by atoms with Crippen LogP contribution in [-0.4, -0.2) is 89.9 Å². The van der Waals surface area contributed by atoms with Gasteiger partial charge in [0.2, 0.25) is 11.8 Å². The zero-order valence-electron chi connectivity index (χ0n) is 27.5. The van der Waals surface area contributed by atoms with Gasteiger partial charge in [-0.15, -0.1) is 0 Å². The van der Waals surface area contributed by atoms with Crippen LogP contribution in [0.25, 0.3) is 11.0 Å². The van der Waals surface area contributed by atoms with Crippen molar-refractivity contribution >= 4 is 40.3 Å². The molecule has 11 heteroatoms. The number of para-hydroxylation sites is 3. The van der Waals surface area contributed by atoms with Crippen LogP contribution < -0.4 is 15.1 Å². The van der Waals surface area contributed by atoms with Crippen LogP contribution in [0.4, 0.5) is 16.2 Å². The standard InChI is InChI=1S/C37H44N6O5/c1-48-22-8-19-43-33-13-6-5-12-32(33)39-36(43)28-9-7-18-41(25-28)34(44)24-29(38-37(46)47)23-27-14-16-30(17-15-27)40-20-21-42(35(45)26-40)31-10-3-2-4-11-31/h2-6,10-17,28-29,38H,7-9,18-26H2,1H3,(H,46,47). The Morgan fingerprint density at radius 3 is 2.50 bits per heavy atom. The molecule has 2 N–H and O–H groups in total. The molecule has 3 amide bonds. The lowest BCUT2D eigenvalue weighted by atomic mass is 9.95. The van der Waals surface area contributed by atoms with E-state index in [9.17, 15) is 19.5 Å². The maximum absolute atomic E-state index is 13.7. The van der Waals surface area contributed by atoms with E-state index in [2.05, 4.69) is 20.9 Å². The Labute approximate surface area is 281 Å². The number of rotatable bonds is 12. The van der Waals surface area contributed by atoms with Gasteiger partial charge in [-0.25, -0.2) is 9.78 Å². The normalized spacial score (nSPS) is 17.5. The van der Waals surface area contributed by atoms with E-state index in [4.69, 9.17) is 9.72 Å². The molecule has 4 aromatic rings. The summed E-state index contributed by atoms with van der Waals surface area (Å²) in [4.78, 5) is 49.1. The van der Waals surface area contributed by atoms with Crippen molar-refractivity contribution in [2.75, 3.05) is 56.2 Å². The number of nitrogens with zero attached hydrogens (tertiary/aromatic N) is 5. The predicted molar refractivity (Wildman–Crippen MR) is 186 cm³/mol. The summed E-state index contributed by atoms with van der Waals surface area (Å²) in [5.74, 6) is 1.07. The van der Waals surface area contributed by atoms with Gasteiger partial charge in [-0.05, 0) is 67.6 Å². The van der Waals surface area contributed by atoms with E-state index in [1.54, 1.807) is 7.11 Å². The number of carbonyl (C=O) groups excluding carboxylic acids is 2. The van der Waals surface area contributed by atoms with Crippen LogP contribution in [0, 0.1) is 0 Å². The first-order valence-corrected chi connectivity index (χ1v) is 16.8. The third-order valence-corrected chi connectivity index (χ3v) is 9.37. The van der Waals surface area contributed by atoms with Gasteiger partial charge in [0, 0.05) is 76.2 Å². The number of nitrogens with one attached hydrogen (secondary N) is 1. The number of carbonyl (C=O) groups is 3. The van der Waals surface area contributed by atoms with Gasteiger partial charge in [0.05, 0.1) is 17.6 Å². The molecule has 0 spiro atoms. The SMILES string of the molecule is COCCCn1c(C2CCCN(C(=O)CC(Cc3ccc(N4CCN(c5ccccc5)C(=O)C4)cc3)NC(=O)O)C2)nc2ccccc21. The summed E-state index contributed by atoms with van der Waals surface area (Å²) in [5, 5.41) is 12.2. The van der Waals surface area contributed by atoms with E-state index in [1.165, 1.54) is 0 Å². The highest BCUT2D eigenvalue weighted by atomic mass is 16.5. The minimum Gasteiger partial charge on any atom is -0.465 e. The molecule has 6 rings (SSSR count). The average molecular weight is 653 g/mol. The molecule has 2 aliphatic rings. The third-order valence-electron chi connectivity index (χ3n) is 9.37. The van der Waals surface area contributed by atoms with Gasteiger partial charge >= 0.3 is 6.09 Å². The van der Waals surface area contributed by atoms with Crippen LogP contribution >= 0.6 is 0 Å². The van der Waals surface area contributed by atoms with E-state index >= 15 is 0 Å². The second-order valence-corrected chi connectivity index (χ2v) is 12.7. The molecular weight excluding hydrogens is 608 g/mol. The van der Waals surface area contributed by atoms with Crippen LogP contribution in [0.5, 0.6) is 0 Å². The Balaban J connectivity index is 1.08. The Bertz CT molecular complexity index is 1710. The molecule has 3 aromatic carbocycles. The van der Waals surface area contributed by atoms with Crippen molar-refractivity contribution in [2.45, 2.75) is 50.6 Å². The number of hydrogen-bond acceptors (Lipinski definition) is 6. The molecule has 2 fully saturated rings. The predicted octanol–water partition coefficient (Wildman–Crippen LogP) is 4.90. The van der Waals surface area contributed by atoms with Crippen molar-refractivity contribution in [1.29, 1.82) is 0 Å². The molecule has 0 radical (unpaired) electrons. The van der Waals surface area contributed by atoms with Crippen LogP contribution in [-0.2, 0) is 27.3 Å². The van der Waals surface area contributed by atoms with Gasteiger partial charge in [-0.2, -0.15) is 0 Å². The smallest absolute Gasteiger partial charge is 0.404 e. The number of amides is 3. The summed E-state index contributed by atoms with van der Waals surface area (Å²) < 4.78 is 7.57. The van der Waals surface area contributed by atoms with Crippen LogP contribution in [0.1, 0.15) is 43.0 Å². The summed E-state index contributed by atoms with van der Waals surface area (Å²) in [6.07, 6.45) is 1.96. The van der Waals surface area contributed by atoms with Crippen molar-refractivity contribution in [3.8, 4) is 0 Å². The van der Waals surface area contributed by atoms with Crippen LogP contribution in [0.3, 0.4) is 0 Å².